The molecule has 2 N–H and O–H groups in total. The quantitative estimate of drug-likeness (QED) is 0.323. The molecule has 0 saturated heterocycles. The molecule has 28 heavy (non-hydrogen) atoms. The summed E-state index contributed by atoms with van der Waals surface area (Å²) in [5, 5.41) is 18.9. The van der Waals surface area contributed by atoms with Crippen LogP contribution in [0.15, 0.2) is 23.0 Å². The van der Waals surface area contributed by atoms with E-state index in [1.54, 1.807) is 5.51 Å². The molecule has 0 fully saturated rings. The lowest BCUT2D eigenvalue weighted by Crippen LogP contribution is -2.32. The molecular formula is C16H22Cl2N4O5S. The zero-order chi connectivity index (χ0) is 18.9. The van der Waals surface area contributed by atoms with Crippen LogP contribution in [-0.2, 0) is 6.61 Å². The van der Waals surface area contributed by atoms with Gasteiger partial charge in [0.2, 0.25) is 0 Å². The molecule has 1 aromatic carbocycles. The van der Waals surface area contributed by atoms with Gasteiger partial charge in [0.1, 0.15) is 12.2 Å². The highest BCUT2D eigenvalue weighted by Crippen LogP contribution is 2.35. The number of nitrogens with one attached hydrogen (secondary N) is 2. The van der Waals surface area contributed by atoms with Gasteiger partial charge in [0.15, 0.2) is 11.5 Å². The minimum Gasteiger partial charge on any atom is -0.493 e. The van der Waals surface area contributed by atoms with Crippen LogP contribution in [0.2, 0.25) is 0 Å². The lowest BCUT2D eigenvalue weighted by atomic mass is 10.1. The second-order valence-corrected chi connectivity index (χ2v) is 5.87. The summed E-state index contributed by atoms with van der Waals surface area (Å²) in [6, 6.07) is 2.52. The molecule has 0 bridgehead atoms. The van der Waals surface area contributed by atoms with E-state index < -0.39 is 10.8 Å². The fourth-order valence-corrected chi connectivity index (χ4v) is 2.69. The Morgan fingerprint density at radius 1 is 1.29 bits per heavy atom. The van der Waals surface area contributed by atoms with Crippen molar-refractivity contribution >= 4 is 47.7 Å². The van der Waals surface area contributed by atoms with E-state index in [1.165, 1.54) is 30.6 Å². The van der Waals surface area contributed by atoms with Crippen molar-refractivity contribution in [1.82, 2.24) is 15.6 Å². The fraction of sp³-hybridized carbons (Fsp3) is 0.375. The number of thiazole rings is 1. The molecule has 156 valence electrons. The number of nitro benzene ring substituents is 1. The summed E-state index contributed by atoms with van der Waals surface area (Å²) in [6.07, 6.45) is 0. The molecule has 1 aromatic heterocycles. The Balaban J connectivity index is 0.00000364. The summed E-state index contributed by atoms with van der Waals surface area (Å²) >= 11 is 1.42. The maximum atomic E-state index is 12.3. The number of benzene rings is 1. The molecule has 0 aliphatic heterocycles. The summed E-state index contributed by atoms with van der Waals surface area (Å²) in [7, 11) is 1.41. The summed E-state index contributed by atoms with van der Waals surface area (Å²) in [4.78, 5) is 27.2. The Hall–Kier alpha value is -2.14. The van der Waals surface area contributed by atoms with Crippen molar-refractivity contribution in [3.05, 3.63) is 44.4 Å². The lowest BCUT2D eigenvalue weighted by Gasteiger charge is -2.12. The number of carbonyl (C=O) groups excluding carboxylic acids is 1. The molecule has 0 spiro atoms. The Morgan fingerprint density at radius 3 is 2.61 bits per heavy atom. The van der Waals surface area contributed by atoms with E-state index in [9.17, 15) is 14.9 Å². The number of methoxy groups -OCH3 is 1. The number of hydrogen-bond donors (Lipinski definition) is 2. The molecule has 0 aliphatic carbocycles. The van der Waals surface area contributed by atoms with Gasteiger partial charge in [0, 0.05) is 24.5 Å². The third kappa shape index (κ3) is 7.12. The van der Waals surface area contributed by atoms with Crippen LogP contribution in [0.3, 0.4) is 0 Å². The van der Waals surface area contributed by atoms with Gasteiger partial charge in [-0.2, -0.15) is 0 Å². The highest BCUT2D eigenvalue weighted by molar-refractivity contribution is 7.07. The Kier molecular flexibility index (Phi) is 12.1. The molecule has 12 heteroatoms. The zero-order valence-electron chi connectivity index (χ0n) is 15.3. The van der Waals surface area contributed by atoms with Crippen molar-refractivity contribution in [3.63, 3.8) is 0 Å². The average Bonchev–Trinajstić information content (AvgIpc) is 3.16. The van der Waals surface area contributed by atoms with Gasteiger partial charge in [0.05, 0.1) is 29.3 Å². The number of ether oxygens (including phenoxy) is 2. The summed E-state index contributed by atoms with van der Waals surface area (Å²) in [5.41, 5.74) is 1.94. The van der Waals surface area contributed by atoms with Crippen molar-refractivity contribution in [2.24, 2.45) is 0 Å². The largest absolute Gasteiger partial charge is 0.493 e. The Bertz CT molecular complexity index is 762. The van der Waals surface area contributed by atoms with E-state index in [0.717, 1.165) is 6.54 Å². The molecule has 1 amide bonds. The van der Waals surface area contributed by atoms with Crippen LogP contribution < -0.4 is 20.1 Å². The summed E-state index contributed by atoms with van der Waals surface area (Å²) in [6.45, 7) is 3.79. The second kappa shape index (κ2) is 13.1. The van der Waals surface area contributed by atoms with Crippen molar-refractivity contribution < 1.29 is 19.2 Å². The van der Waals surface area contributed by atoms with E-state index in [4.69, 9.17) is 9.47 Å². The minimum atomic E-state index is -0.617. The molecule has 2 aromatic rings. The maximum Gasteiger partial charge on any atom is 0.286 e. The molecule has 1 heterocycles. The molecule has 0 radical (unpaired) electrons. The maximum absolute atomic E-state index is 12.3. The number of carbonyl (C=O) groups is 1. The van der Waals surface area contributed by atoms with Gasteiger partial charge < -0.3 is 20.1 Å². The molecule has 9 nitrogen and oxygen atoms in total. The normalized spacial score (nSPS) is 9.64. The van der Waals surface area contributed by atoms with Crippen LogP contribution in [0.1, 0.15) is 23.0 Å². The van der Waals surface area contributed by atoms with Crippen LogP contribution in [0.5, 0.6) is 11.5 Å². The Morgan fingerprint density at radius 2 is 2.04 bits per heavy atom. The van der Waals surface area contributed by atoms with E-state index in [0.29, 0.717) is 18.8 Å². The molecule has 2 rings (SSSR count). The van der Waals surface area contributed by atoms with Crippen LogP contribution in [0.25, 0.3) is 0 Å². The number of halogens is 2. The van der Waals surface area contributed by atoms with Gasteiger partial charge in [-0.25, -0.2) is 4.98 Å². The molecule has 0 atom stereocenters. The third-order valence-corrected chi connectivity index (χ3v) is 4.05. The molecule has 0 aliphatic rings. The first-order valence-corrected chi connectivity index (χ1v) is 8.86. The van der Waals surface area contributed by atoms with E-state index in [2.05, 4.69) is 15.6 Å². The predicted octanol–water partition coefficient (Wildman–Crippen LogP) is 2.82. The van der Waals surface area contributed by atoms with Crippen LogP contribution in [0.4, 0.5) is 5.69 Å². The van der Waals surface area contributed by atoms with Crippen molar-refractivity contribution in [1.29, 1.82) is 0 Å². The highest BCUT2D eigenvalue weighted by Gasteiger charge is 2.24. The van der Waals surface area contributed by atoms with E-state index in [-0.39, 0.29) is 54.2 Å². The SMILES string of the molecule is CCNCCNC(=O)c1cc(OC)c(OCc2cscn2)cc1[N+](=O)[O-].Cl.Cl. The number of hydrogen-bond acceptors (Lipinski definition) is 8. The average molecular weight is 453 g/mol. The monoisotopic (exact) mass is 452 g/mol. The van der Waals surface area contributed by atoms with Crippen LogP contribution >= 0.6 is 36.2 Å². The van der Waals surface area contributed by atoms with Crippen molar-refractivity contribution in [2.45, 2.75) is 13.5 Å². The molecule has 0 saturated carbocycles. The van der Waals surface area contributed by atoms with Crippen molar-refractivity contribution in [2.75, 3.05) is 26.7 Å². The number of aromatic nitrogens is 1. The first kappa shape index (κ1) is 25.9. The van der Waals surface area contributed by atoms with E-state index in [1.807, 2.05) is 12.3 Å². The second-order valence-electron chi connectivity index (χ2n) is 5.16. The van der Waals surface area contributed by atoms with Gasteiger partial charge in [-0.05, 0) is 6.54 Å². The van der Waals surface area contributed by atoms with Gasteiger partial charge in [-0.3, -0.25) is 14.9 Å². The van der Waals surface area contributed by atoms with Crippen LogP contribution in [-0.4, -0.2) is 42.6 Å². The van der Waals surface area contributed by atoms with Crippen LogP contribution in [0, 0.1) is 10.1 Å². The van der Waals surface area contributed by atoms with Gasteiger partial charge in [0.25, 0.3) is 11.6 Å². The third-order valence-electron chi connectivity index (χ3n) is 3.42. The topological polar surface area (TPSA) is 116 Å². The molecular weight excluding hydrogens is 431 g/mol. The number of nitrogens with zero attached hydrogens (tertiary/aromatic N) is 2. The summed E-state index contributed by atoms with van der Waals surface area (Å²) in [5.74, 6) is -0.127. The number of likely N-dealkylation sites (N-methyl/N-ethyl adjacent to an activating group) is 1. The van der Waals surface area contributed by atoms with E-state index >= 15 is 0 Å². The fourth-order valence-electron chi connectivity index (χ4n) is 2.15. The first-order chi connectivity index (χ1) is 12.6. The van der Waals surface area contributed by atoms with Gasteiger partial charge >= 0.3 is 0 Å². The number of amides is 1. The number of rotatable bonds is 10. The smallest absolute Gasteiger partial charge is 0.286 e. The Labute approximate surface area is 178 Å². The van der Waals surface area contributed by atoms with Crippen molar-refractivity contribution in [3.8, 4) is 11.5 Å². The highest BCUT2D eigenvalue weighted by atomic mass is 35.5. The first-order valence-electron chi connectivity index (χ1n) is 7.92. The summed E-state index contributed by atoms with van der Waals surface area (Å²) < 4.78 is 10.8. The van der Waals surface area contributed by atoms with Gasteiger partial charge in [-0.15, -0.1) is 36.2 Å². The lowest BCUT2D eigenvalue weighted by molar-refractivity contribution is -0.385. The standard InChI is InChI=1S/C16H20N4O5S.2ClH/c1-3-17-4-5-18-16(21)12-6-14(24-2)15(7-13(12)20(22)23)25-8-11-9-26-10-19-11;;/h6-7,9-10,17H,3-5,8H2,1-2H3,(H,18,21);2*1H. The predicted molar refractivity (Wildman–Crippen MR) is 111 cm³/mol. The molecule has 0 unspecified atom stereocenters. The zero-order valence-corrected chi connectivity index (χ0v) is 17.7. The minimum absolute atomic E-state index is 0. The number of nitro groups is 1. The van der Waals surface area contributed by atoms with Gasteiger partial charge in [-0.1, -0.05) is 6.92 Å².